The molecule has 0 saturated carbocycles. The molecule has 1 aromatic carbocycles. The van der Waals surface area contributed by atoms with E-state index in [0.717, 1.165) is 0 Å². The van der Waals surface area contributed by atoms with E-state index < -0.39 is 10.2 Å². The Morgan fingerprint density at radius 1 is 0.909 bits per heavy atom. The van der Waals surface area contributed by atoms with Gasteiger partial charge in [-0.25, -0.2) is 18.6 Å². The number of pyridine rings is 1. The van der Waals surface area contributed by atoms with E-state index in [-0.39, 0.29) is 30.3 Å². The number of hydrogen-bond donors (Lipinski definition) is 0. The molecule has 1 atom stereocenters. The molecule has 2 rings (SSSR count). The molecule has 0 saturated heterocycles. The topological polar surface area (TPSA) is 105 Å². The molecule has 2 aromatic rings. The van der Waals surface area contributed by atoms with Gasteiger partial charge in [0.2, 0.25) is 0 Å². The number of rotatable bonds is 2. The summed E-state index contributed by atoms with van der Waals surface area (Å²) in [5.74, 6) is 0. The van der Waals surface area contributed by atoms with Gasteiger partial charge in [0.1, 0.15) is 0 Å². The van der Waals surface area contributed by atoms with E-state index in [9.17, 15) is 0 Å². The molecule has 0 N–H and O–H groups in total. The van der Waals surface area contributed by atoms with Gasteiger partial charge in [-0.2, -0.15) is 0 Å². The molecule has 0 spiro atoms. The van der Waals surface area contributed by atoms with Crippen molar-refractivity contribution >= 4 is 13.2 Å². The van der Waals surface area contributed by atoms with E-state index >= 15 is 0 Å². The van der Waals surface area contributed by atoms with E-state index in [4.69, 9.17) is 18.6 Å². The first kappa shape index (κ1) is 23.9. The van der Waals surface area contributed by atoms with Crippen LogP contribution in [-0.4, -0.2) is 17.8 Å². The van der Waals surface area contributed by atoms with E-state index in [0.29, 0.717) is 0 Å². The zero-order chi connectivity index (χ0) is 16.1. The number of aromatic nitrogens is 1. The molecule has 0 radical (unpaired) electrons. The summed E-state index contributed by atoms with van der Waals surface area (Å²) in [7, 11) is -4.82. The summed E-state index contributed by atoms with van der Waals surface area (Å²) >= 11 is 0. The first-order valence-electron chi connectivity index (χ1n) is 6.07. The quantitative estimate of drug-likeness (QED) is 0.359. The maximum absolute atomic E-state index is 8.49. The van der Waals surface area contributed by atoms with Crippen LogP contribution >= 0.6 is 7.92 Å². The van der Waals surface area contributed by atoms with Crippen LogP contribution in [0.1, 0.15) is 6.92 Å². The van der Waals surface area contributed by atoms with Crippen LogP contribution in [0, 0.1) is 10.2 Å². The van der Waals surface area contributed by atoms with Crippen molar-refractivity contribution in [2.24, 2.45) is 0 Å². The molecule has 0 aliphatic rings. The predicted octanol–water partition coefficient (Wildman–Crippen LogP) is -1.23. The van der Waals surface area contributed by atoms with E-state index in [1.54, 1.807) is 12.4 Å². The average Bonchev–Trinajstić information content (AvgIpc) is 2.48. The van der Waals surface area contributed by atoms with Crippen LogP contribution in [0.4, 0.5) is 0 Å². The third-order valence-corrected chi connectivity index (χ3v) is 4.37. The van der Waals surface area contributed by atoms with Gasteiger partial charge in [-0.05, 0) is 30.3 Å². The third-order valence-electron chi connectivity index (χ3n) is 2.24. The van der Waals surface area contributed by atoms with Crippen LogP contribution in [0.3, 0.4) is 0 Å². The Balaban J connectivity index is 0. The number of nitrogens with zero attached hydrogens (tertiary/aromatic N) is 1. The first-order valence-corrected chi connectivity index (χ1v) is 9.28. The molecule has 1 unspecified atom stereocenters. The number of benzene rings is 1. The molecule has 8 heteroatoms. The van der Waals surface area contributed by atoms with Gasteiger partial charge in [-0.15, -0.1) is 10.2 Å². The maximum Gasteiger partial charge on any atom is 1.00 e. The molecule has 0 aliphatic carbocycles. The molecule has 22 heavy (non-hydrogen) atoms. The molecule has 1 heterocycles. The second-order valence-corrected chi connectivity index (χ2v) is 7.05. The zero-order valence-electron chi connectivity index (χ0n) is 12.2. The van der Waals surface area contributed by atoms with Gasteiger partial charge >= 0.3 is 22.4 Å². The summed E-state index contributed by atoms with van der Waals surface area (Å²) in [6.07, 6.45) is 4.79. The molecule has 1 aromatic heterocycles. The maximum atomic E-state index is 8.49. The van der Waals surface area contributed by atoms with Crippen molar-refractivity contribution in [1.82, 2.24) is 4.98 Å². The van der Waals surface area contributed by atoms with E-state index in [1.807, 2.05) is 18.2 Å². The fourth-order valence-electron chi connectivity index (χ4n) is 1.18. The summed E-state index contributed by atoms with van der Waals surface area (Å²) in [5.41, 5.74) is 0. The minimum atomic E-state index is -4.94. The Hall–Kier alpha value is -0.330. The molecule has 0 bridgehead atoms. The van der Waals surface area contributed by atoms with Gasteiger partial charge in [0, 0.05) is 12.4 Å². The van der Waals surface area contributed by atoms with Gasteiger partial charge in [0.25, 0.3) is 0 Å². The van der Waals surface area contributed by atoms with E-state index in [1.165, 1.54) is 11.5 Å². The molecule has 0 aliphatic heterocycles. The largest absolute Gasteiger partial charge is 1.00 e. The Morgan fingerprint density at radius 3 is 1.59 bits per heavy atom. The summed E-state index contributed by atoms with van der Waals surface area (Å²) in [4.78, 5) is 3.78. The molecule has 0 fully saturated rings. The summed E-state index contributed by atoms with van der Waals surface area (Å²) in [6.45, 7) is 4.57. The van der Waals surface area contributed by atoms with Crippen molar-refractivity contribution in [2.45, 2.75) is 6.92 Å². The average molecular weight is 528 g/mol. The van der Waals surface area contributed by atoms with Gasteiger partial charge in [-0.3, -0.25) is 4.98 Å². The minimum absolute atomic E-state index is 0. The Bertz CT molecular complexity index is 427. The van der Waals surface area contributed by atoms with Crippen molar-refractivity contribution in [1.29, 1.82) is 0 Å². The Kier molecular flexibility index (Phi) is 15.5. The molecule has 126 valence electrons. The number of halogens is 1. The van der Waals surface area contributed by atoms with Gasteiger partial charge in [-0.1, -0.05) is 51.2 Å². The monoisotopic (exact) mass is 527 g/mol. The van der Waals surface area contributed by atoms with Crippen LogP contribution in [-0.2, 0) is 22.4 Å². The van der Waals surface area contributed by atoms with Crippen LogP contribution in [0.25, 0.3) is 0 Å². The predicted molar refractivity (Wildman–Crippen MR) is 73.7 cm³/mol. The Morgan fingerprint density at radius 2 is 1.32 bits per heavy atom. The van der Waals surface area contributed by atoms with Crippen LogP contribution in [0.15, 0.2) is 60.9 Å². The third kappa shape index (κ3) is 17.7. The van der Waals surface area contributed by atoms with Gasteiger partial charge in [0.05, 0.1) is 0 Å². The zero-order valence-corrected chi connectivity index (χ0v) is 16.0. The molecular formula is C14H18AuClNO4P. The second-order valence-electron chi connectivity index (χ2n) is 3.75. The van der Waals surface area contributed by atoms with Crippen LogP contribution < -0.4 is 23.9 Å². The summed E-state index contributed by atoms with van der Waals surface area (Å²) in [5, 5.41) is 1.51. The van der Waals surface area contributed by atoms with Crippen LogP contribution in [0.2, 0.25) is 0 Å². The van der Waals surface area contributed by atoms with E-state index in [2.05, 4.69) is 48.9 Å². The van der Waals surface area contributed by atoms with Crippen molar-refractivity contribution in [3.05, 3.63) is 60.9 Å². The van der Waals surface area contributed by atoms with Crippen molar-refractivity contribution in [2.75, 3.05) is 12.8 Å². The van der Waals surface area contributed by atoms with Crippen LogP contribution in [0.5, 0.6) is 0 Å². The van der Waals surface area contributed by atoms with Crippen molar-refractivity contribution in [3.63, 3.8) is 0 Å². The Labute approximate surface area is 150 Å². The van der Waals surface area contributed by atoms with Crippen molar-refractivity contribution < 1.29 is 51.3 Å². The first-order chi connectivity index (χ1) is 9.84. The minimum Gasteiger partial charge on any atom is -0.265 e. The van der Waals surface area contributed by atoms with Crippen molar-refractivity contribution in [3.8, 4) is 0 Å². The SMILES string of the molecule is CCP(C)c1ccccc1.[Au+].[O-][Cl+3]([O-])([O-])[O-].c1ccncc1. The van der Waals surface area contributed by atoms with Gasteiger partial charge in [0.15, 0.2) is 0 Å². The number of hydrogen-bond acceptors (Lipinski definition) is 5. The molecule has 0 amide bonds. The summed E-state index contributed by atoms with van der Waals surface area (Å²) < 4.78 is 34.0. The summed E-state index contributed by atoms with van der Waals surface area (Å²) in [6, 6.07) is 16.5. The fourth-order valence-corrected chi connectivity index (χ4v) is 2.22. The smallest absolute Gasteiger partial charge is 0.265 e. The normalized spacial score (nSPS) is 10.8. The second kappa shape index (κ2) is 14.3. The van der Waals surface area contributed by atoms with Gasteiger partial charge < -0.3 is 0 Å². The fraction of sp³-hybridized carbons (Fsp3) is 0.214. The molecule has 5 nitrogen and oxygen atoms in total. The molecular weight excluding hydrogens is 510 g/mol. The standard InChI is InChI=1S/C9H13P.C5H5N.Au.ClHO4/c1-3-10(2)9-7-5-4-6-8-9;1-2-4-6-5-3-1;;2-1(3,4)5/h4-8H,3H2,1-2H3;1-5H;;(H,2,3,4,5)/q;;+1;/p-1.